The largest absolute Gasteiger partial charge is 0.496 e. The highest BCUT2D eigenvalue weighted by Gasteiger charge is 2.51. The number of aromatic nitrogens is 2. The van der Waals surface area contributed by atoms with Crippen molar-refractivity contribution >= 4 is 17.7 Å². The highest BCUT2D eigenvalue weighted by atomic mass is 16.5. The molecule has 0 spiro atoms. The number of aryl methyl sites for hydroxylation is 1. The van der Waals surface area contributed by atoms with Crippen molar-refractivity contribution in [1.82, 2.24) is 9.97 Å². The van der Waals surface area contributed by atoms with E-state index in [9.17, 15) is 14.7 Å². The van der Waals surface area contributed by atoms with Crippen molar-refractivity contribution in [1.29, 1.82) is 0 Å². The molecule has 2 aromatic heterocycles. The topological polar surface area (TPSA) is 106 Å². The number of aliphatic carboxylic acids is 1. The lowest BCUT2D eigenvalue weighted by Crippen LogP contribution is -2.52. The lowest BCUT2D eigenvalue weighted by Gasteiger charge is -2.55. The summed E-state index contributed by atoms with van der Waals surface area (Å²) in [6.07, 6.45) is 15.3. The van der Waals surface area contributed by atoms with Crippen molar-refractivity contribution in [3.05, 3.63) is 59.8 Å². The molecule has 0 aliphatic heterocycles. The van der Waals surface area contributed by atoms with Gasteiger partial charge in [-0.2, -0.15) is 0 Å². The van der Waals surface area contributed by atoms with Crippen LogP contribution in [0.15, 0.2) is 47.2 Å². The Hall–Kier alpha value is -3.68. The van der Waals surface area contributed by atoms with Crippen LogP contribution in [0.1, 0.15) is 121 Å². The first-order valence-electron chi connectivity index (χ1n) is 18.5. The molecule has 2 heterocycles. The van der Waals surface area contributed by atoms with Gasteiger partial charge < -0.3 is 14.3 Å². The van der Waals surface area contributed by atoms with E-state index in [1.54, 1.807) is 19.6 Å². The molecule has 2 bridgehead atoms. The fourth-order valence-electron chi connectivity index (χ4n) is 9.61. The number of hydrogen-bond acceptors (Lipinski definition) is 6. The zero-order valence-corrected chi connectivity index (χ0v) is 30.0. The van der Waals surface area contributed by atoms with E-state index < -0.39 is 11.9 Å². The summed E-state index contributed by atoms with van der Waals surface area (Å²) >= 11 is 0. The Bertz CT molecular complexity index is 1670. The summed E-state index contributed by atoms with van der Waals surface area (Å²) < 4.78 is 11.4. The number of fused-ring (bicyclic) bond motifs is 3. The van der Waals surface area contributed by atoms with Gasteiger partial charge in [-0.1, -0.05) is 32.9 Å². The molecule has 1 N–H and O–H groups in total. The molecule has 5 saturated carbocycles. The first-order valence-corrected chi connectivity index (χ1v) is 18.5. The highest BCUT2D eigenvalue weighted by Crippen LogP contribution is 2.58. The van der Waals surface area contributed by atoms with Gasteiger partial charge in [0.15, 0.2) is 5.89 Å². The van der Waals surface area contributed by atoms with E-state index in [-0.39, 0.29) is 34.0 Å². The van der Waals surface area contributed by atoms with Crippen molar-refractivity contribution in [2.24, 2.45) is 28.6 Å². The number of carbonyl (C=O) groups is 2. The second-order valence-electron chi connectivity index (χ2n) is 16.9. The van der Waals surface area contributed by atoms with Gasteiger partial charge >= 0.3 is 5.97 Å². The predicted molar refractivity (Wildman–Crippen MR) is 190 cm³/mol. The molecule has 5 aliphatic carbocycles. The van der Waals surface area contributed by atoms with Crippen LogP contribution in [0.4, 0.5) is 5.82 Å². The third-order valence-corrected chi connectivity index (χ3v) is 12.7. The van der Waals surface area contributed by atoms with Crippen LogP contribution < -0.4 is 9.64 Å². The van der Waals surface area contributed by atoms with Gasteiger partial charge in [0.2, 0.25) is 5.91 Å². The maximum Gasteiger partial charge on any atom is 0.307 e. The third-order valence-electron chi connectivity index (χ3n) is 12.7. The molecule has 8 heteroatoms. The van der Waals surface area contributed by atoms with E-state index in [1.807, 2.05) is 37.8 Å². The minimum atomic E-state index is -0.725. The number of anilines is 1. The van der Waals surface area contributed by atoms with Gasteiger partial charge in [0.05, 0.1) is 13.0 Å². The average Bonchev–Trinajstić information content (AvgIpc) is 3.83. The number of hydrogen-bond donors (Lipinski definition) is 1. The maximum atomic E-state index is 14.7. The number of pyridine rings is 1. The average molecular weight is 668 g/mol. The molecule has 49 heavy (non-hydrogen) atoms. The molecule has 3 aromatic rings. The first-order chi connectivity index (χ1) is 23.4. The van der Waals surface area contributed by atoms with Crippen molar-refractivity contribution in [2.45, 2.75) is 116 Å². The highest BCUT2D eigenvalue weighted by molar-refractivity contribution is 5.95. The lowest BCUT2D eigenvalue weighted by molar-refractivity contribution is -0.149. The molecule has 0 radical (unpaired) electrons. The number of rotatable bonds is 10. The van der Waals surface area contributed by atoms with Crippen molar-refractivity contribution in [2.75, 3.05) is 18.6 Å². The lowest BCUT2D eigenvalue weighted by atomic mass is 9.51. The minimum Gasteiger partial charge on any atom is -0.496 e. The molecule has 5 fully saturated rings. The molecule has 5 aliphatic rings. The zero-order valence-electron chi connectivity index (χ0n) is 30.0. The summed E-state index contributed by atoms with van der Waals surface area (Å²) in [5.74, 6) is 1.76. The summed E-state index contributed by atoms with van der Waals surface area (Å²) in [6.45, 7) is 8.84. The molecule has 8 rings (SSSR count). The molecule has 262 valence electrons. The summed E-state index contributed by atoms with van der Waals surface area (Å²) in [7, 11) is 1.73. The van der Waals surface area contributed by atoms with Crippen LogP contribution in [0.5, 0.6) is 5.75 Å². The number of nitrogens with zero attached hydrogens (tertiary/aromatic N) is 3. The second-order valence-corrected chi connectivity index (χ2v) is 16.9. The Kier molecular flexibility index (Phi) is 8.89. The van der Waals surface area contributed by atoms with E-state index >= 15 is 0 Å². The zero-order chi connectivity index (χ0) is 34.6. The van der Waals surface area contributed by atoms with E-state index in [1.165, 1.54) is 11.1 Å². The molecule has 1 unspecified atom stereocenters. The van der Waals surface area contributed by atoms with Crippen LogP contribution in [0.25, 0.3) is 11.3 Å². The van der Waals surface area contributed by atoms with Crippen molar-refractivity contribution in [3.8, 4) is 17.0 Å². The Balaban J connectivity index is 1.13. The summed E-state index contributed by atoms with van der Waals surface area (Å²) in [5.41, 5.74) is 4.20. The van der Waals surface area contributed by atoms with Crippen molar-refractivity contribution < 1.29 is 23.8 Å². The molecule has 1 atom stereocenters. The van der Waals surface area contributed by atoms with Gasteiger partial charge in [-0.25, -0.2) is 9.97 Å². The van der Waals surface area contributed by atoms with Gasteiger partial charge in [0.25, 0.3) is 0 Å². The Morgan fingerprint density at radius 1 is 1.00 bits per heavy atom. The number of carboxylic acid groups (broad SMARTS) is 1. The van der Waals surface area contributed by atoms with Crippen LogP contribution in [0, 0.1) is 35.5 Å². The van der Waals surface area contributed by atoms with Crippen LogP contribution in [-0.4, -0.2) is 40.6 Å². The number of amides is 1. The van der Waals surface area contributed by atoms with E-state index in [4.69, 9.17) is 19.1 Å². The van der Waals surface area contributed by atoms with Gasteiger partial charge in [-0.05, 0) is 135 Å². The number of carbonyl (C=O) groups excluding carboxylic acids is 1. The summed E-state index contributed by atoms with van der Waals surface area (Å²) in [6, 6.07) is 10.7. The molecular weight excluding hydrogens is 614 g/mol. The minimum absolute atomic E-state index is 0.0431. The first kappa shape index (κ1) is 33.8. The second kappa shape index (κ2) is 12.9. The standard InChI is InChI=1S/C41H53N3O5/c1-26-22-31(12-13-33(26)48-5)41-18-15-40(16-19-41,17-20-41)25-44(34-23-30(14-21-42-34)32-24-49-36(43-32)28-8-9-28)37(45)29-10-6-27(7-11-29)35(38(46)47)39(2,3)4/h12-14,21-24,27-29,35H,6-11,15-20,25H2,1-5H3,(H,46,47)/t27-,29-,35?,40?,41?. The number of ether oxygens (including phenoxy) is 1. The smallest absolute Gasteiger partial charge is 0.307 e. The van der Waals surface area contributed by atoms with Gasteiger partial charge in [-0.3, -0.25) is 14.5 Å². The van der Waals surface area contributed by atoms with Crippen molar-refractivity contribution in [3.63, 3.8) is 0 Å². The van der Waals surface area contributed by atoms with E-state index in [0.29, 0.717) is 31.1 Å². The predicted octanol–water partition coefficient (Wildman–Crippen LogP) is 9.11. The Labute approximate surface area is 291 Å². The molecule has 1 amide bonds. The SMILES string of the molecule is COc1ccc(C23CCC(CN(c4cc(-c5coc(C6CC6)n5)ccn4)C(=O)[C@H]4CC[C@H](C(C(=O)O)C(C)(C)C)CC4)(CC2)CC3)cc1C. The van der Waals surface area contributed by atoms with Crippen LogP contribution in [-0.2, 0) is 15.0 Å². The molecule has 0 saturated heterocycles. The monoisotopic (exact) mass is 667 g/mol. The fraction of sp³-hybridized carbons (Fsp3) is 0.610. The molecule has 1 aromatic carbocycles. The number of methoxy groups -OCH3 is 1. The van der Waals surface area contributed by atoms with Gasteiger partial charge in [0.1, 0.15) is 23.5 Å². The number of benzene rings is 1. The fourth-order valence-corrected chi connectivity index (χ4v) is 9.61. The van der Waals surface area contributed by atoms with E-state index in [0.717, 1.165) is 87.1 Å². The van der Waals surface area contributed by atoms with Gasteiger partial charge in [0, 0.05) is 30.1 Å². The number of carboxylic acids is 1. The maximum absolute atomic E-state index is 14.7. The summed E-state index contributed by atoms with van der Waals surface area (Å²) in [4.78, 5) is 38.6. The summed E-state index contributed by atoms with van der Waals surface area (Å²) in [5, 5.41) is 10.1. The third kappa shape index (κ3) is 6.64. The normalized spacial score (nSPS) is 27.4. The van der Waals surface area contributed by atoms with Crippen LogP contribution >= 0.6 is 0 Å². The van der Waals surface area contributed by atoms with Gasteiger partial charge in [-0.15, -0.1) is 0 Å². The van der Waals surface area contributed by atoms with Crippen LogP contribution in [0.2, 0.25) is 0 Å². The van der Waals surface area contributed by atoms with E-state index in [2.05, 4.69) is 25.1 Å². The van der Waals surface area contributed by atoms with Crippen LogP contribution in [0.3, 0.4) is 0 Å². The molecule has 8 nitrogen and oxygen atoms in total. The Morgan fingerprint density at radius 2 is 1.69 bits per heavy atom. The number of oxazole rings is 1. The molecular formula is C41H53N3O5. The quantitative estimate of drug-likeness (QED) is 0.230. The Morgan fingerprint density at radius 3 is 2.29 bits per heavy atom.